The number of hydrogen-bond donors (Lipinski definition) is 0. The quantitative estimate of drug-likeness (QED) is 0.789. The fourth-order valence-corrected chi connectivity index (χ4v) is 3.12. The standard InChI is InChI=1S/C13H10BrClO2S/c14-12-7-5-10(6-8-12)9-11-3-1-2-4-13(11)18(15,16)17/h1-8H,9H2. The van der Waals surface area contributed by atoms with E-state index in [-0.39, 0.29) is 4.90 Å². The van der Waals surface area contributed by atoms with Crippen molar-refractivity contribution in [2.75, 3.05) is 0 Å². The molecule has 0 radical (unpaired) electrons. The first-order valence-electron chi connectivity index (χ1n) is 5.24. The Morgan fingerprint density at radius 2 is 1.61 bits per heavy atom. The van der Waals surface area contributed by atoms with Crippen LogP contribution in [-0.4, -0.2) is 8.42 Å². The molecule has 0 heterocycles. The molecule has 0 amide bonds. The maximum atomic E-state index is 11.5. The van der Waals surface area contributed by atoms with Crippen LogP contribution < -0.4 is 0 Å². The lowest BCUT2D eigenvalue weighted by atomic mass is 10.1. The summed E-state index contributed by atoms with van der Waals surface area (Å²) in [6.45, 7) is 0. The van der Waals surface area contributed by atoms with Crippen LogP contribution in [0, 0.1) is 0 Å². The second-order valence-electron chi connectivity index (χ2n) is 3.85. The topological polar surface area (TPSA) is 34.1 Å². The molecule has 94 valence electrons. The van der Waals surface area contributed by atoms with Crippen molar-refractivity contribution < 1.29 is 8.42 Å². The van der Waals surface area contributed by atoms with Crippen LogP contribution in [0.1, 0.15) is 11.1 Å². The molecule has 0 saturated carbocycles. The SMILES string of the molecule is O=S(=O)(Cl)c1ccccc1Cc1ccc(Br)cc1. The molecule has 2 nitrogen and oxygen atoms in total. The molecule has 0 aliphatic carbocycles. The highest BCUT2D eigenvalue weighted by molar-refractivity contribution is 9.10. The van der Waals surface area contributed by atoms with Crippen LogP contribution in [0.15, 0.2) is 57.9 Å². The van der Waals surface area contributed by atoms with Crippen LogP contribution >= 0.6 is 26.6 Å². The molecular formula is C13H10BrClO2S. The average Bonchev–Trinajstić information content (AvgIpc) is 2.31. The molecule has 2 aromatic rings. The van der Waals surface area contributed by atoms with Gasteiger partial charge >= 0.3 is 0 Å². The van der Waals surface area contributed by atoms with E-state index in [1.54, 1.807) is 18.2 Å². The van der Waals surface area contributed by atoms with E-state index in [9.17, 15) is 8.42 Å². The van der Waals surface area contributed by atoms with Gasteiger partial charge in [0.25, 0.3) is 9.05 Å². The van der Waals surface area contributed by atoms with Gasteiger partial charge < -0.3 is 0 Å². The van der Waals surface area contributed by atoms with E-state index < -0.39 is 9.05 Å². The van der Waals surface area contributed by atoms with Crippen LogP contribution in [-0.2, 0) is 15.5 Å². The van der Waals surface area contributed by atoms with E-state index in [0.717, 1.165) is 10.0 Å². The fourth-order valence-electron chi connectivity index (χ4n) is 1.71. The third kappa shape index (κ3) is 3.34. The Morgan fingerprint density at radius 1 is 1.00 bits per heavy atom. The first-order valence-corrected chi connectivity index (χ1v) is 8.34. The maximum Gasteiger partial charge on any atom is 0.261 e. The van der Waals surface area contributed by atoms with Gasteiger partial charge in [0.15, 0.2) is 0 Å². The van der Waals surface area contributed by atoms with Gasteiger partial charge in [-0.05, 0) is 35.7 Å². The van der Waals surface area contributed by atoms with Crippen molar-refractivity contribution >= 4 is 35.7 Å². The first kappa shape index (κ1) is 13.6. The Morgan fingerprint density at radius 3 is 2.22 bits per heavy atom. The molecule has 18 heavy (non-hydrogen) atoms. The van der Waals surface area contributed by atoms with Crippen molar-refractivity contribution in [3.8, 4) is 0 Å². The van der Waals surface area contributed by atoms with Crippen molar-refractivity contribution in [2.24, 2.45) is 0 Å². The Bertz CT molecular complexity index is 651. The minimum atomic E-state index is -3.70. The van der Waals surface area contributed by atoms with Gasteiger partial charge in [-0.15, -0.1) is 0 Å². The van der Waals surface area contributed by atoms with Gasteiger partial charge in [0.2, 0.25) is 0 Å². The molecule has 0 spiro atoms. The van der Waals surface area contributed by atoms with Crippen molar-refractivity contribution in [3.63, 3.8) is 0 Å². The normalized spacial score (nSPS) is 11.4. The third-order valence-electron chi connectivity index (χ3n) is 2.54. The van der Waals surface area contributed by atoms with E-state index in [4.69, 9.17) is 10.7 Å². The van der Waals surface area contributed by atoms with Crippen molar-refractivity contribution in [3.05, 3.63) is 64.1 Å². The maximum absolute atomic E-state index is 11.5. The first-order chi connectivity index (χ1) is 8.47. The Labute approximate surface area is 119 Å². The lowest BCUT2D eigenvalue weighted by Crippen LogP contribution is -1.98. The van der Waals surface area contributed by atoms with Crippen LogP contribution in [0.25, 0.3) is 0 Å². The lowest BCUT2D eigenvalue weighted by molar-refractivity contribution is 0.608. The van der Waals surface area contributed by atoms with E-state index in [1.165, 1.54) is 6.07 Å². The molecule has 0 bridgehead atoms. The van der Waals surface area contributed by atoms with Crippen molar-refractivity contribution in [2.45, 2.75) is 11.3 Å². The van der Waals surface area contributed by atoms with Crippen molar-refractivity contribution in [1.82, 2.24) is 0 Å². The minimum absolute atomic E-state index is 0.176. The molecule has 0 aliphatic heterocycles. The number of benzene rings is 2. The second kappa shape index (κ2) is 5.43. The summed E-state index contributed by atoms with van der Waals surface area (Å²) in [7, 11) is 1.72. The van der Waals surface area contributed by atoms with Crippen LogP contribution in [0.4, 0.5) is 0 Å². The highest BCUT2D eigenvalue weighted by Crippen LogP contribution is 2.23. The van der Waals surface area contributed by atoms with Gasteiger partial charge in [-0.25, -0.2) is 8.42 Å². The zero-order valence-corrected chi connectivity index (χ0v) is 12.5. The van der Waals surface area contributed by atoms with Crippen LogP contribution in [0.3, 0.4) is 0 Å². The molecule has 0 N–H and O–H groups in total. The van der Waals surface area contributed by atoms with Gasteiger partial charge in [0, 0.05) is 15.2 Å². The molecular weight excluding hydrogens is 336 g/mol. The summed E-state index contributed by atoms with van der Waals surface area (Å²) in [4.78, 5) is 0.176. The molecule has 0 fully saturated rings. The minimum Gasteiger partial charge on any atom is -0.207 e. The van der Waals surface area contributed by atoms with E-state index >= 15 is 0 Å². The summed E-state index contributed by atoms with van der Waals surface area (Å²) in [5, 5.41) is 0. The van der Waals surface area contributed by atoms with Gasteiger partial charge in [-0.2, -0.15) is 0 Å². The largest absolute Gasteiger partial charge is 0.261 e. The van der Waals surface area contributed by atoms with Gasteiger partial charge in [0.1, 0.15) is 0 Å². The second-order valence-corrected chi connectivity index (χ2v) is 7.30. The van der Waals surface area contributed by atoms with E-state index in [0.29, 0.717) is 12.0 Å². The Balaban J connectivity index is 2.38. The molecule has 2 rings (SSSR count). The fraction of sp³-hybridized carbons (Fsp3) is 0.0769. The monoisotopic (exact) mass is 344 g/mol. The predicted octanol–water partition coefficient (Wildman–Crippen LogP) is 3.97. The number of halogens is 2. The molecule has 0 aliphatic rings. The zero-order chi connectivity index (χ0) is 13.2. The van der Waals surface area contributed by atoms with Gasteiger partial charge in [-0.3, -0.25) is 0 Å². The smallest absolute Gasteiger partial charge is 0.207 e. The molecule has 0 aromatic heterocycles. The summed E-state index contributed by atoms with van der Waals surface area (Å²) >= 11 is 3.36. The summed E-state index contributed by atoms with van der Waals surface area (Å²) in [6.07, 6.45) is 0.537. The highest BCUT2D eigenvalue weighted by Gasteiger charge is 2.14. The summed E-state index contributed by atoms with van der Waals surface area (Å²) in [5.41, 5.74) is 1.74. The molecule has 0 unspecified atom stereocenters. The molecule has 2 aromatic carbocycles. The highest BCUT2D eigenvalue weighted by atomic mass is 79.9. The van der Waals surface area contributed by atoms with Crippen LogP contribution in [0.2, 0.25) is 0 Å². The average molecular weight is 346 g/mol. The molecule has 0 atom stereocenters. The molecule has 5 heteroatoms. The predicted molar refractivity (Wildman–Crippen MR) is 76.4 cm³/mol. The number of hydrogen-bond acceptors (Lipinski definition) is 2. The Kier molecular flexibility index (Phi) is 4.10. The van der Waals surface area contributed by atoms with Crippen molar-refractivity contribution in [1.29, 1.82) is 0 Å². The number of rotatable bonds is 3. The van der Waals surface area contributed by atoms with E-state index in [1.807, 2.05) is 24.3 Å². The molecule has 0 saturated heterocycles. The third-order valence-corrected chi connectivity index (χ3v) is 4.49. The summed E-state index contributed by atoms with van der Waals surface area (Å²) in [6, 6.07) is 14.5. The van der Waals surface area contributed by atoms with Crippen LogP contribution in [0.5, 0.6) is 0 Å². The van der Waals surface area contributed by atoms with Gasteiger partial charge in [0.05, 0.1) is 4.90 Å². The lowest BCUT2D eigenvalue weighted by Gasteiger charge is -2.06. The zero-order valence-electron chi connectivity index (χ0n) is 9.31. The Hall–Kier alpha value is -0.840. The summed E-state index contributed by atoms with van der Waals surface area (Å²) in [5.74, 6) is 0. The van der Waals surface area contributed by atoms with Gasteiger partial charge in [-0.1, -0.05) is 46.3 Å². The summed E-state index contributed by atoms with van der Waals surface area (Å²) < 4.78 is 23.9. The van der Waals surface area contributed by atoms with E-state index in [2.05, 4.69) is 15.9 Å².